The lowest BCUT2D eigenvalue weighted by atomic mass is 9.84. The number of nitrogens with two attached hydrogens (primary N) is 1. The Labute approximate surface area is 109 Å². The third-order valence-electron chi connectivity index (χ3n) is 2.94. The molecule has 1 amide bonds. The zero-order chi connectivity index (χ0) is 14.7. The lowest BCUT2D eigenvalue weighted by Gasteiger charge is -2.30. The van der Waals surface area contributed by atoms with Crippen molar-refractivity contribution < 1.29 is 14.7 Å². The molecule has 0 aliphatic carbocycles. The fourth-order valence-corrected chi connectivity index (χ4v) is 1.37. The topological polar surface area (TPSA) is 92.4 Å². The first-order valence-electron chi connectivity index (χ1n) is 6.13. The average molecular weight is 258 g/mol. The van der Waals surface area contributed by atoms with Crippen LogP contribution in [-0.4, -0.2) is 29.1 Å². The van der Waals surface area contributed by atoms with Crippen molar-refractivity contribution in [2.75, 3.05) is 0 Å². The third-order valence-corrected chi connectivity index (χ3v) is 2.94. The molecule has 0 heterocycles. The van der Waals surface area contributed by atoms with Crippen molar-refractivity contribution in [3.63, 3.8) is 0 Å². The van der Waals surface area contributed by atoms with Crippen LogP contribution in [0.5, 0.6) is 0 Å². The van der Waals surface area contributed by atoms with E-state index in [4.69, 9.17) is 10.8 Å². The molecule has 0 aromatic rings. The van der Waals surface area contributed by atoms with Gasteiger partial charge in [-0.05, 0) is 10.8 Å². The molecule has 0 bridgehead atoms. The number of hydrogen-bond donors (Lipinski definition) is 3. The minimum Gasteiger partial charge on any atom is -0.480 e. The van der Waals surface area contributed by atoms with Gasteiger partial charge in [-0.2, -0.15) is 0 Å². The Morgan fingerprint density at radius 1 is 1.11 bits per heavy atom. The maximum Gasteiger partial charge on any atom is 0.326 e. The summed E-state index contributed by atoms with van der Waals surface area (Å²) < 4.78 is 0. The number of carbonyl (C=O) groups excluding carboxylic acids is 1. The molecular formula is C13H26N2O3. The highest BCUT2D eigenvalue weighted by molar-refractivity contribution is 5.84. The van der Waals surface area contributed by atoms with E-state index in [1.807, 2.05) is 20.8 Å². The maximum absolute atomic E-state index is 11.8. The zero-order valence-electron chi connectivity index (χ0n) is 12.2. The van der Waals surface area contributed by atoms with E-state index in [0.29, 0.717) is 0 Å². The van der Waals surface area contributed by atoms with Gasteiger partial charge >= 0.3 is 5.97 Å². The van der Waals surface area contributed by atoms with Crippen LogP contribution in [0, 0.1) is 10.8 Å². The molecule has 0 saturated carbocycles. The number of hydrogen-bond acceptors (Lipinski definition) is 3. The molecule has 0 aliphatic rings. The molecule has 0 saturated heterocycles. The smallest absolute Gasteiger partial charge is 0.326 e. The van der Waals surface area contributed by atoms with Crippen LogP contribution in [0.3, 0.4) is 0 Å². The maximum atomic E-state index is 11.8. The van der Waals surface area contributed by atoms with Crippen LogP contribution in [0.1, 0.15) is 48.0 Å². The molecule has 4 N–H and O–H groups in total. The van der Waals surface area contributed by atoms with Crippen molar-refractivity contribution in [2.24, 2.45) is 16.6 Å². The quantitative estimate of drug-likeness (QED) is 0.710. The van der Waals surface area contributed by atoms with Crippen molar-refractivity contribution in [3.05, 3.63) is 0 Å². The summed E-state index contributed by atoms with van der Waals surface area (Å²) in [6.07, 6.45) is 0.128. The van der Waals surface area contributed by atoms with E-state index < -0.39 is 17.4 Å². The molecule has 0 aromatic heterocycles. The van der Waals surface area contributed by atoms with Gasteiger partial charge in [0.2, 0.25) is 5.91 Å². The monoisotopic (exact) mass is 258 g/mol. The fraction of sp³-hybridized carbons (Fsp3) is 0.846. The van der Waals surface area contributed by atoms with Crippen LogP contribution in [0.2, 0.25) is 0 Å². The highest BCUT2D eigenvalue weighted by atomic mass is 16.4. The van der Waals surface area contributed by atoms with E-state index in [0.717, 1.165) is 0 Å². The van der Waals surface area contributed by atoms with E-state index >= 15 is 0 Å². The number of carboxylic acid groups (broad SMARTS) is 1. The number of nitrogens with one attached hydrogen (secondary N) is 1. The third kappa shape index (κ3) is 5.49. The summed E-state index contributed by atoms with van der Waals surface area (Å²) in [6.45, 7) is 11.2. The first kappa shape index (κ1) is 16.9. The lowest BCUT2D eigenvalue weighted by molar-refractivity contribution is -0.145. The standard InChI is InChI=1S/C13H26N2O3/c1-12(2,3)8(14)7-9(16)15-10(11(17)18)13(4,5)6/h8,10H,7,14H2,1-6H3,(H,15,16)(H,17,18)/t8?,10-/m0/s1. The van der Waals surface area contributed by atoms with E-state index in [9.17, 15) is 9.59 Å². The van der Waals surface area contributed by atoms with Crippen molar-refractivity contribution in [2.45, 2.75) is 60.0 Å². The predicted molar refractivity (Wildman–Crippen MR) is 71.1 cm³/mol. The normalized spacial score (nSPS) is 15.9. The molecule has 1 unspecified atom stereocenters. The summed E-state index contributed by atoms with van der Waals surface area (Å²) in [7, 11) is 0. The van der Waals surface area contributed by atoms with Gasteiger partial charge in [0.1, 0.15) is 6.04 Å². The van der Waals surface area contributed by atoms with Crippen LogP contribution >= 0.6 is 0 Å². The summed E-state index contributed by atoms with van der Waals surface area (Å²) >= 11 is 0. The van der Waals surface area contributed by atoms with E-state index in [1.165, 1.54) is 0 Å². The van der Waals surface area contributed by atoms with E-state index in [1.54, 1.807) is 20.8 Å². The molecule has 5 nitrogen and oxygen atoms in total. The molecule has 0 aliphatic heterocycles. The number of carboxylic acids is 1. The molecule has 0 aromatic carbocycles. The van der Waals surface area contributed by atoms with Crippen LogP contribution in [0.25, 0.3) is 0 Å². The number of amides is 1. The minimum absolute atomic E-state index is 0.128. The van der Waals surface area contributed by atoms with Gasteiger partial charge in [-0.25, -0.2) is 4.79 Å². The lowest BCUT2D eigenvalue weighted by Crippen LogP contribution is -2.51. The molecule has 5 heteroatoms. The van der Waals surface area contributed by atoms with Gasteiger partial charge < -0.3 is 16.2 Å². The van der Waals surface area contributed by atoms with Crippen molar-refractivity contribution in [1.29, 1.82) is 0 Å². The van der Waals surface area contributed by atoms with Crippen molar-refractivity contribution in [1.82, 2.24) is 5.32 Å². The second-order valence-corrected chi connectivity index (χ2v) is 6.88. The van der Waals surface area contributed by atoms with Crippen LogP contribution < -0.4 is 11.1 Å². The molecule has 18 heavy (non-hydrogen) atoms. The largest absolute Gasteiger partial charge is 0.480 e. The summed E-state index contributed by atoms with van der Waals surface area (Å²) in [5.74, 6) is -1.35. The molecule has 2 atom stereocenters. The van der Waals surface area contributed by atoms with Gasteiger partial charge in [-0.1, -0.05) is 41.5 Å². The SMILES string of the molecule is CC(C)(C)C(N)CC(=O)N[C@@H](C(=O)O)C(C)(C)C. The molecule has 0 fully saturated rings. The summed E-state index contributed by atoms with van der Waals surface area (Å²) in [4.78, 5) is 22.9. The van der Waals surface area contributed by atoms with E-state index in [-0.39, 0.29) is 23.8 Å². The van der Waals surface area contributed by atoms with Gasteiger partial charge in [-0.15, -0.1) is 0 Å². The van der Waals surface area contributed by atoms with Gasteiger partial charge in [0.25, 0.3) is 0 Å². The highest BCUT2D eigenvalue weighted by Crippen LogP contribution is 2.22. The van der Waals surface area contributed by atoms with E-state index in [2.05, 4.69) is 5.32 Å². The zero-order valence-corrected chi connectivity index (χ0v) is 12.2. The number of rotatable bonds is 4. The van der Waals surface area contributed by atoms with Crippen molar-refractivity contribution in [3.8, 4) is 0 Å². The minimum atomic E-state index is -1.03. The molecule has 106 valence electrons. The summed E-state index contributed by atoms with van der Waals surface area (Å²) in [6, 6.07) is -1.20. The van der Waals surface area contributed by atoms with Gasteiger partial charge in [0.15, 0.2) is 0 Å². The predicted octanol–water partition coefficient (Wildman–Crippen LogP) is 1.37. The fourth-order valence-electron chi connectivity index (χ4n) is 1.37. The second kappa shape index (κ2) is 5.69. The summed E-state index contributed by atoms with van der Waals surface area (Å²) in [5, 5.41) is 11.6. The second-order valence-electron chi connectivity index (χ2n) is 6.88. The number of aliphatic carboxylic acids is 1. The molecule has 0 spiro atoms. The first-order valence-corrected chi connectivity index (χ1v) is 6.13. The Bertz CT molecular complexity index is 313. The van der Waals surface area contributed by atoms with Crippen molar-refractivity contribution >= 4 is 11.9 Å². The van der Waals surface area contributed by atoms with Crippen LogP contribution in [0.4, 0.5) is 0 Å². The Morgan fingerprint density at radius 2 is 1.56 bits per heavy atom. The van der Waals surface area contributed by atoms with Gasteiger partial charge in [0, 0.05) is 12.5 Å². The summed E-state index contributed by atoms with van der Waals surface area (Å²) in [5.41, 5.74) is 5.19. The first-order chi connectivity index (χ1) is 7.85. The molecular weight excluding hydrogens is 232 g/mol. The Hall–Kier alpha value is -1.10. The highest BCUT2D eigenvalue weighted by Gasteiger charge is 2.33. The molecule has 0 radical (unpaired) electrons. The van der Waals surface area contributed by atoms with Gasteiger partial charge in [0.05, 0.1) is 0 Å². The van der Waals surface area contributed by atoms with Crippen LogP contribution in [0.15, 0.2) is 0 Å². The Balaban J connectivity index is 4.60. The Kier molecular flexibility index (Phi) is 5.35. The Morgan fingerprint density at radius 3 is 1.83 bits per heavy atom. The van der Waals surface area contributed by atoms with Crippen LogP contribution in [-0.2, 0) is 9.59 Å². The molecule has 0 rings (SSSR count). The van der Waals surface area contributed by atoms with Gasteiger partial charge in [-0.3, -0.25) is 4.79 Å². The average Bonchev–Trinajstić information content (AvgIpc) is 2.10. The number of carbonyl (C=O) groups is 2.